The summed E-state index contributed by atoms with van der Waals surface area (Å²) < 4.78 is 15.6. The van der Waals surface area contributed by atoms with Crippen LogP contribution in [0.3, 0.4) is 0 Å². The summed E-state index contributed by atoms with van der Waals surface area (Å²) in [6.45, 7) is 3.91. The van der Waals surface area contributed by atoms with Crippen molar-refractivity contribution in [2.45, 2.75) is 32.4 Å². The first-order chi connectivity index (χ1) is 12.2. The fourth-order valence-corrected chi connectivity index (χ4v) is 2.99. The molecule has 7 nitrogen and oxygen atoms in total. The van der Waals surface area contributed by atoms with Crippen LogP contribution in [0.2, 0.25) is 0 Å². The molecule has 25 heavy (non-hydrogen) atoms. The van der Waals surface area contributed by atoms with Gasteiger partial charge in [-0.1, -0.05) is 22.9 Å². The van der Waals surface area contributed by atoms with E-state index in [0.29, 0.717) is 37.0 Å². The molecule has 1 fully saturated rings. The van der Waals surface area contributed by atoms with E-state index in [1.165, 1.54) is 0 Å². The lowest BCUT2D eigenvalue weighted by Crippen LogP contribution is -2.31. The van der Waals surface area contributed by atoms with Gasteiger partial charge in [0, 0.05) is 19.2 Å². The Bertz CT molecular complexity index is 716. The number of ether oxygens (including phenoxy) is 2. The van der Waals surface area contributed by atoms with Crippen molar-refractivity contribution in [1.82, 2.24) is 15.0 Å². The monoisotopic (exact) mass is 345 g/mol. The summed E-state index contributed by atoms with van der Waals surface area (Å²) >= 11 is 0. The number of aromatic nitrogens is 2. The molecule has 7 heteroatoms. The molecule has 1 aliphatic heterocycles. The van der Waals surface area contributed by atoms with Crippen LogP contribution in [0.15, 0.2) is 28.8 Å². The topological polar surface area (TPSA) is 77.7 Å². The molecule has 0 spiro atoms. The number of carbonyl (C=O) groups excluding carboxylic acids is 1. The van der Waals surface area contributed by atoms with Crippen molar-refractivity contribution < 1.29 is 18.8 Å². The maximum Gasteiger partial charge on any atom is 0.254 e. The number of aryl methyl sites for hydroxylation is 1. The highest BCUT2D eigenvalue weighted by atomic mass is 16.5. The molecule has 1 amide bonds. The molecule has 1 unspecified atom stereocenters. The van der Waals surface area contributed by atoms with Crippen molar-refractivity contribution in [3.05, 3.63) is 47.1 Å². The molecule has 3 rings (SSSR count). The molecule has 0 bridgehead atoms. The molecular weight excluding hydrogens is 322 g/mol. The maximum atomic E-state index is 12.8. The van der Waals surface area contributed by atoms with Crippen LogP contribution in [0.4, 0.5) is 0 Å². The normalized spacial score (nSPS) is 17.2. The molecule has 0 saturated carbocycles. The predicted molar refractivity (Wildman–Crippen MR) is 90.0 cm³/mol. The molecule has 1 saturated heterocycles. The van der Waals surface area contributed by atoms with Crippen LogP contribution in [-0.4, -0.2) is 47.8 Å². The van der Waals surface area contributed by atoms with Gasteiger partial charge in [-0.25, -0.2) is 0 Å². The fraction of sp³-hybridized carbons (Fsp3) is 0.500. The molecule has 2 aromatic rings. The van der Waals surface area contributed by atoms with Crippen LogP contribution >= 0.6 is 0 Å². The van der Waals surface area contributed by atoms with Gasteiger partial charge in [0.1, 0.15) is 6.61 Å². The first-order valence-corrected chi connectivity index (χ1v) is 8.46. The average molecular weight is 345 g/mol. The quantitative estimate of drug-likeness (QED) is 0.718. The summed E-state index contributed by atoms with van der Waals surface area (Å²) in [4.78, 5) is 19.1. The van der Waals surface area contributed by atoms with Crippen molar-refractivity contribution in [2.24, 2.45) is 0 Å². The summed E-state index contributed by atoms with van der Waals surface area (Å²) in [5, 5.41) is 4.05. The molecule has 0 N–H and O–H groups in total. The Morgan fingerprint density at radius 2 is 2.28 bits per heavy atom. The van der Waals surface area contributed by atoms with Crippen LogP contribution in [0.1, 0.15) is 46.5 Å². The van der Waals surface area contributed by atoms with Gasteiger partial charge in [-0.15, -0.1) is 0 Å². The van der Waals surface area contributed by atoms with Crippen LogP contribution in [0.25, 0.3) is 0 Å². The van der Waals surface area contributed by atoms with Crippen LogP contribution in [0.5, 0.6) is 0 Å². The summed E-state index contributed by atoms with van der Waals surface area (Å²) in [6, 6.07) is 7.48. The smallest absolute Gasteiger partial charge is 0.254 e. The highest BCUT2D eigenvalue weighted by Crippen LogP contribution is 2.31. The van der Waals surface area contributed by atoms with E-state index in [-0.39, 0.29) is 18.6 Å². The number of likely N-dealkylation sites (tertiary alicyclic amines) is 1. The summed E-state index contributed by atoms with van der Waals surface area (Å²) in [6.07, 6.45) is 1.76. The molecule has 2 heterocycles. The van der Waals surface area contributed by atoms with Gasteiger partial charge in [-0.2, -0.15) is 4.98 Å². The van der Waals surface area contributed by atoms with Gasteiger partial charge in [0.2, 0.25) is 0 Å². The number of rotatable bonds is 7. The number of carbonyl (C=O) groups is 1. The van der Waals surface area contributed by atoms with E-state index >= 15 is 0 Å². The summed E-state index contributed by atoms with van der Waals surface area (Å²) in [7, 11) is 1.62. The van der Waals surface area contributed by atoms with Crippen molar-refractivity contribution in [3.63, 3.8) is 0 Å². The standard InChI is InChI=1S/C18H23N3O4/c1-13-5-3-6-14(11-13)18(22)21-8-4-7-15(21)17-19-16(25-20-17)12-24-10-9-23-2/h3,5-6,11,15H,4,7-10,12H2,1-2H3. The van der Waals surface area contributed by atoms with Gasteiger partial charge in [0.25, 0.3) is 11.8 Å². The van der Waals surface area contributed by atoms with Crippen LogP contribution in [-0.2, 0) is 16.1 Å². The minimum Gasteiger partial charge on any atom is -0.382 e. The number of methoxy groups -OCH3 is 1. The van der Waals surface area contributed by atoms with Gasteiger partial charge in [0.15, 0.2) is 5.82 Å². The number of hydrogen-bond donors (Lipinski definition) is 0. The minimum atomic E-state index is -0.149. The highest BCUT2D eigenvalue weighted by molar-refractivity contribution is 5.94. The summed E-state index contributed by atoms with van der Waals surface area (Å²) in [5.74, 6) is 0.971. The maximum absolute atomic E-state index is 12.8. The van der Waals surface area contributed by atoms with Crippen LogP contribution < -0.4 is 0 Å². The molecule has 1 aliphatic rings. The Morgan fingerprint density at radius 1 is 1.40 bits per heavy atom. The second-order valence-electron chi connectivity index (χ2n) is 6.12. The predicted octanol–water partition coefficient (Wildman–Crippen LogP) is 2.52. The molecule has 0 aliphatic carbocycles. The lowest BCUT2D eigenvalue weighted by molar-refractivity contribution is 0.0494. The number of nitrogens with zero attached hydrogens (tertiary/aromatic N) is 3. The molecule has 1 aromatic heterocycles. The van der Waals surface area contributed by atoms with Crippen LogP contribution in [0, 0.1) is 6.92 Å². The Hall–Kier alpha value is -2.25. The van der Waals surface area contributed by atoms with Gasteiger partial charge in [-0.3, -0.25) is 4.79 Å². The first-order valence-electron chi connectivity index (χ1n) is 8.46. The third-order valence-electron chi connectivity index (χ3n) is 4.22. The van der Waals surface area contributed by atoms with Crippen molar-refractivity contribution >= 4 is 5.91 Å². The van der Waals surface area contributed by atoms with Crippen molar-refractivity contribution in [1.29, 1.82) is 0 Å². The zero-order valence-electron chi connectivity index (χ0n) is 14.6. The zero-order valence-corrected chi connectivity index (χ0v) is 14.6. The SMILES string of the molecule is COCCOCc1nc(C2CCCN2C(=O)c2cccc(C)c2)no1. The van der Waals surface area contributed by atoms with Gasteiger partial charge >= 0.3 is 0 Å². The molecule has 0 radical (unpaired) electrons. The number of benzene rings is 1. The Morgan fingerprint density at radius 3 is 3.08 bits per heavy atom. The second-order valence-corrected chi connectivity index (χ2v) is 6.12. The average Bonchev–Trinajstić information content (AvgIpc) is 3.27. The van der Waals surface area contributed by atoms with E-state index < -0.39 is 0 Å². The minimum absolute atomic E-state index is 0.00824. The number of amides is 1. The van der Waals surface area contributed by atoms with E-state index in [1.54, 1.807) is 7.11 Å². The molecular formula is C18H23N3O4. The second kappa shape index (κ2) is 8.22. The Kier molecular flexibility index (Phi) is 5.78. The third kappa shape index (κ3) is 4.24. The third-order valence-corrected chi connectivity index (χ3v) is 4.22. The molecule has 134 valence electrons. The lowest BCUT2D eigenvalue weighted by atomic mass is 10.1. The first kappa shape index (κ1) is 17.6. The molecule has 1 atom stereocenters. The van der Waals surface area contributed by atoms with E-state index in [1.807, 2.05) is 36.1 Å². The highest BCUT2D eigenvalue weighted by Gasteiger charge is 2.33. The Balaban J connectivity index is 1.67. The van der Waals surface area contributed by atoms with Crippen molar-refractivity contribution in [2.75, 3.05) is 26.9 Å². The van der Waals surface area contributed by atoms with Gasteiger partial charge in [-0.05, 0) is 31.9 Å². The van der Waals surface area contributed by atoms with E-state index in [4.69, 9.17) is 14.0 Å². The number of hydrogen-bond acceptors (Lipinski definition) is 6. The fourth-order valence-electron chi connectivity index (χ4n) is 2.99. The van der Waals surface area contributed by atoms with E-state index in [0.717, 1.165) is 18.4 Å². The Labute approximate surface area is 146 Å². The van der Waals surface area contributed by atoms with Gasteiger partial charge in [0.05, 0.1) is 19.3 Å². The van der Waals surface area contributed by atoms with E-state index in [9.17, 15) is 4.79 Å². The summed E-state index contributed by atoms with van der Waals surface area (Å²) in [5.41, 5.74) is 1.76. The molecule has 1 aromatic carbocycles. The largest absolute Gasteiger partial charge is 0.382 e. The van der Waals surface area contributed by atoms with Gasteiger partial charge < -0.3 is 18.9 Å². The van der Waals surface area contributed by atoms with E-state index in [2.05, 4.69) is 10.1 Å². The zero-order chi connectivity index (χ0) is 17.6. The van der Waals surface area contributed by atoms with Crippen molar-refractivity contribution in [3.8, 4) is 0 Å². The lowest BCUT2D eigenvalue weighted by Gasteiger charge is -2.22.